The van der Waals surface area contributed by atoms with E-state index in [-0.39, 0.29) is 24.6 Å². The Balaban J connectivity index is 2.27. The molecule has 2 amide bonds. The number of carbonyl (C=O) groups excluding carboxylic acids is 2. The second-order valence-electron chi connectivity index (χ2n) is 4.08. The van der Waals surface area contributed by atoms with Gasteiger partial charge in [0.2, 0.25) is 11.8 Å². The van der Waals surface area contributed by atoms with E-state index in [0.717, 1.165) is 0 Å². The Morgan fingerprint density at radius 3 is 2.78 bits per heavy atom. The van der Waals surface area contributed by atoms with Crippen molar-refractivity contribution >= 4 is 23.2 Å². The van der Waals surface area contributed by atoms with Crippen molar-refractivity contribution in [1.29, 1.82) is 0 Å². The van der Waals surface area contributed by atoms with Gasteiger partial charge in [-0.1, -0.05) is 6.07 Å². The van der Waals surface area contributed by atoms with Gasteiger partial charge in [0.25, 0.3) is 5.69 Å². The maximum Gasteiger partial charge on any atom is 0.271 e. The first kappa shape index (κ1) is 12.0. The van der Waals surface area contributed by atoms with Gasteiger partial charge >= 0.3 is 0 Å². The van der Waals surface area contributed by atoms with Crippen LogP contribution in [0.1, 0.15) is 6.42 Å². The monoisotopic (exact) mass is 249 g/mol. The molecular formula is C11H11N3O4. The van der Waals surface area contributed by atoms with E-state index in [1.54, 1.807) is 6.07 Å². The summed E-state index contributed by atoms with van der Waals surface area (Å²) in [5.74, 6) is -1.31. The van der Waals surface area contributed by atoms with Crippen molar-refractivity contribution in [2.24, 2.45) is 11.7 Å². The molecular weight excluding hydrogens is 238 g/mol. The minimum atomic E-state index is -0.532. The van der Waals surface area contributed by atoms with Gasteiger partial charge in [0.15, 0.2) is 0 Å². The number of hydrogen-bond donors (Lipinski definition) is 1. The Morgan fingerprint density at radius 2 is 2.22 bits per heavy atom. The third kappa shape index (κ3) is 2.15. The topological polar surface area (TPSA) is 107 Å². The van der Waals surface area contributed by atoms with Crippen molar-refractivity contribution in [3.05, 3.63) is 34.4 Å². The Kier molecular flexibility index (Phi) is 2.97. The van der Waals surface area contributed by atoms with Crippen LogP contribution in [0.5, 0.6) is 0 Å². The number of amides is 2. The summed E-state index contributed by atoms with van der Waals surface area (Å²) in [5, 5.41) is 10.7. The van der Waals surface area contributed by atoms with Crippen LogP contribution in [0.3, 0.4) is 0 Å². The highest BCUT2D eigenvalue weighted by Crippen LogP contribution is 2.27. The van der Waals surface area contributed by atoms with Crippen LogP contribution in [0, 0.1) is 16.0 Å². The molecule has 0 aromatic heterocycles. The molecule has 1 atom stereocenters. The average Bonchev–Trinajstić information content (AvgIpc) is 2.72. The van der Waals surface area contributed by atoms with Crippen molar-refractivity contribution < 1.29 is 14.5 Å². The first-order valence-corrected chi connectivity index (χ1v) is 5.33. The van der Waals surface area contributed by atoms with Crippen molar-refractivity contribution in [1.82, 2.24) is 0 Å². The fourth-order valence-electron chi connectivity index (χ4n) is 1.92. The fraction of sp³-hybridized carbons (Fsp3) is 0.273. The van der Waals surface area contributed by atoms with E-state index in [2.05, 4.69) is 0 Å². The lowest BCUT2D eigenvalue weighted by Gasteiger charge is -2.15. The molecule has 1 aliphatic rings. The summed E-state index contributed by atoms with van der Waals surface area (Å²) in [4.78, 5) is 34.2. The maximum absolute atomic E-state index is 11.7. The van der Waals surface area contributed by atoms with E-state index in [1.807, 2.05) is 0 Å². The van der Waals surface area contributed by atoms with Crippen molar-refractivity contribution in [2.75, 3.05) is 11.4 Å². The third-order valence-electron chi connectivity index (χ3n) is 2.88. The summed E-state index contributed by atoms with van der Waals surface area (Å²) in [6.07, 6.45) is 0.0536. The zero-order valence-corrected chi connectivity index (χ0v) is 9.41. The van der Waals surface area contributed by atoms with Crippen molar-refractivity contribution in [3.8, 4) is 0 Å². The normalized spacial score (nSPS) is 19.0. The Hall–Kier alpha value is -2.44. The summed E-state index contributed by atoms with van der Waals surface area (Å²) >= 11 is 0. The quantitative estimate of drug-likeness (QED) is 0.619. The zero-order valence-electron chi connectivity index (χ0n) is 9.41. The number of anilines is 1. The summed E-state index contributed by atoms with van der Waals surface area (Å²) in [5.41, 5.74) is 5.47. The highest BCUT2D eigenvalue weighted by Gasteiger charge is 2.34. The lowest BCUT2D eigenvalue weighted by atomic mass is 10.1. The van der Waals surface area contributed by atoms with Gasteiger partial charge in [-0.15, -0.1) is 0 Å². The number of nitrogens with two attached hydrogens (primary N) is 1. The minimum absolute atomic E-state index is 0.0536. The SMILES string of the molecule is NC(=O)C1CC(=O)N(c2cccc([N+](=O)[O-])c2)C1. The van der Waals surface area contributed by atoms with Crippen LogP contribution in [0.25, 0.3) is 0 Å². The number of primary amides is 1. The molecule has 0 spiro atoms. The fourth-order valence-corrected chi connectivity index (χ4v) is 1.92. The molecule has 18 heavy (non-hydrogen) atoms. The smallest absolute Gasteiger partial charge is 0.271 e. The number of nitrogens with zero attached hydrogens (tertiary/aromatic N) is 2. The van der Waals surface area contributed by atoms with Gasteiger partial charge in [-0.3, -0.25) is 19.7 Å². The lowest BCUT2D eigenvalue weighted by molar-refractivity contribution is -0.384. The van der Waals surface area contributed by atoms with E-state index in [4.69, 9.17) is 5.73 Å². The standard InChI is InChI=1S/C11H11N3O4/c12-11(16)7-4-10(15)13(6-7)8-2-1-3-9(5-8)14(17)18/h1-3,5,7H,4,6H2,(H2,12,16). The number of rotatable bonds is 3. The van der Waals surface area contributed by atoms with Crippen molar-refractivity contribution in [2.45, 2.75) is 6.42 Å². The number of non-ortho nitro benzene ring substituents is 1. The molecule has 0 radical (unpaired) electrons. The predicted molar refractivity (Wildman–Crippen MR) is 62.8 cm³/mol. The van der Waals surface area contributed by atoms with E-state index in [9.17, 15) is 19.7 Å². The van der Waals surface area contributed by atoms with Crippen LogP contribution in [-0.2, 0) is 9.59 Å². The van der Waals surface area contributed by atoms with Crippen molar-refractivity contribution in [3.63, 3.8) is 0 Å². The zero-order chi connectivity index (χ0) is 13.3. The number of carbonyl (C=O) groups is 2. The van der Waals surface area contributed by atoms with Crippen LogP contribution in [0.4, 0.5) is 11.4 Å². The van der Waals surface area contributed by atoms with Crippen LogP contribution >= 0.6 is 0 Å². The number of nitro benzene ring substituents is 1. The van der Waals surface area contributed by atoms with Gasteiger partial charge in [0.05, 0.1) is 16.5 Å². The summed E-state index contributed by atoms with van der Waals surface area (Å²) < 4.78 is 0. The van der Waals surface area contributed by atoms with E-state index >= 15 is 0 Å². The summed E-state index contributed by atoms with van der Waals surface area (Å²) in [6, 6.07) is 5.74. The Labute approximate surface area is 102 Å². The van der Waals surface area contributed by atoms with Crippen LogP contribution in [-0.4, -0.2) is 23.3 Å². The lowest BCUT2D eigenvalue weighted by Crippen LogP contribution is -2.28. The van der Waals surface area contributed by atoms with Gasteiger partial charge < -0.3 is 10.6 Å². The molecule has 2 N–H and O–H groups in total. The largest absolute Gasteiger partial charge is 0.369 e. The molecule has 1 aromatic carbocycles. The molecule has 2 rings (SSSR count). The number of nitro groups is 1. The second-order valence-corrected chi connectivity index (χ2v) is 4.08. The van der Waals surface area contributed by atoms with Gasteiger partial charge in [-0.05, 0) is 6.07 Å². The summed E-state index contributed by atoms with van der Waals surface area (Å²) in [7, 11) is 0. The third-order valence-corrected chi connectivity index (χ3v) is 2.88. The molecule has 1 fully saturated rings. The second kappa shape index (κ2) is 4.44. The first-order chi connectivity index (χ1) is 8.49. The molecule has 1 heterocycles. The minimum Gasteiger partial charge on any atom is -0.369 e. The summed E-state index contributed by atoms with van der Waals surface area (Å²) in [6.45, 7) is 0.176. The van der Waals surface area contributed by atoms with Gasteiger partial charge in [0.1, 0.15) is 0 Å². The molecule has 1 aliphatic heterocycles. The van der Waals surface area contributed by atoms with E-state index in [1.165, 1.54) is 23.1 Å². The number of hydrogen-bond acceptors (Lipinski definition) is 4. The molecule has 1 unspecified atom stereocenters. The highest BCUT2D eigenvalue weighted by atomic mass is 16.6. The highest BCUT2D eigenvalue weighted by molar-refractivity contribution is 6.00. The van der Waals surface area contributed by atoms with Gasteiger partial charge in [-0.25, -0.2) is 0 Å². The molecule has 1 aromatic rings. The molecule has 0 aliphatic carbocycles. The molecule has 0 bridgehead atoms. The van der Waals surface area contributed by atoms with Crippen LogP contribution < -0.4 is 10.6 Å². The van der Waals surface area contributed by atoms with Crippen LogP contribution in [0.15, 0.2) is 24.3 Å². The molecule has 0 saturated carbocycles. The first-order valence-electron chi connectivity index (χ1n) is 5.33. The van der Waals surface area contributed by atoms with Gasteiger partial charge in [-0.2, -0.15) is 0 Å². The molecule has 1 saturated heterocycles. The maximum atomic E-state index is 11.7. The molecule has 7 heteroatoms. The van der Waals surface area contributed by atoms with E-state index < -0.39 is 16.7 Å². The number of benzene rings is 1. The van der Waals surface area contributed by atoms with Gasteiger partial charge in [0, 0.05) is 25.1 Å². The Bertz CT molecular complexity index is 529. The average molecular weight is 249 g/mol. The Morgan fingerprint density at radius 1 is 1.50 bits per heavy atom. The molecule has 94 valence electrons. The molecule has 7 nitrogen and oxygen atoms in total. The van der Waals surface area contributed by atoms with Crippen LogP contribution in [0.2, 0.25) is 0 Å². The van der Waals surface area contributed by atoms with E-state index in [0.29, 0.717) is 5.69 Å². The predicted octanol–water partition coefficient (Wildman–Crippen LogP) is 0.433.